The van der Waals surface area contributed by atoms with Gasteiger partial charge in [0.15, 0.2) is 0 Å². The third kappa shape index (κ3) is 4.69. The Bertz CT molecular complexity index is 1410. The molecule has 0 aliphatic heterocycles. The van der Waals surface area contributed by atoms with Crippen LogP contribution in [-0.2, 0) is 27.6 Å². The van der Waals surface area contributed by atoms with Crippen LogP contribution in [0.1, 0.15) is 16.8 Å². The molecule has 0 atom stereocenters. The van der Waals surface area contributed by atoms with Crippen molar-refractivity contribution in [3.8, 4) is 11.3 Å². The molecule has 0 aliphatic carbocycles. The van der Waals surface area contributed by atoms with E-state index >= 15 is 0 Å². The Labute approximate surface area is 197 Å². The third-order valence-corrected chi connectivity index (χ3v) is 7.53. The van der Waals surface area contributed by atoms with Gasteiger partial charge in [0, 0.05) is 21.8 Å². The van der Waals surface area contributed by atoms with Crippen molar-refractivity contribution < 1.29 is 18.3 Å². The molecule has 8 heteroatoms. The molecule has 4 aromatic rings. The number of aromatic nitrogens is 2. The van der Waals surface area contributed by atoms with Gasteiger partial charge in [0.25, 0.3) is 0 Å². The molecule has 0 radical (unpaired) electrons. The van der Waals surface area contributed by atoms with E-state index in [2.05, 4.69) is 5.10 Å². The van der Waals surface area contributed by atoms with E-state index in [-0.39, 0.29) is 22.8 Å². The van der Waals surface area contributed by atoms with E-state index in [1.54, 1.807) is 90.5 Å². The Kier molecular flexibility index (Phi) is 6.35. The molecule has 0 bridgehead atoms. The molecule has 6 nitrogen and oxygen atoms in total. The number of rotatable bonds is 7. The molecule has 3 aromatic carbocycles. The molecule has 4 rings (SSSR count). The van der Waals surface area contributed by atoms with Gasteiger partial charge in [-0.2, -0.15) is 5.10 Å². The van der Waals surface area contributed by atoms with Gasteiger partial charge in [0.1, 0.15) is 0 Å². The fourth-order valence-electron chi connectivity index (χ4n) is 3.72. The van der Waals surface area contributed by atoms with E-state index in [9.17, 15) is 18.3 Å². The van der Waals surface area contributed by atoms with E-state index in [0.717, 1.165) is 5.56 Å². The van der Waals surface area contributed by atoms with Crippen molar-refractivity contribution in [1.82, 2.24) is 9.78 Å². The number of halogens is 1. The van der Waals surface area contributed by atoms with Crippen molar-refractivity contribution in [3.63, 3.8) is 0 Å². The van der Waals surface area contributed by atoms with E-state index in [0.29, 0.717) is 27.5 Å². The zero-order valence-electron chi connectivity index (χ0n) is 17.8. The Morgan fingerprint density at radius 3 is 2.27 bits per heavy atom. The summed E-state index contributed by atoms with van der Waals surface area (Å²) in [5.74, 6) is -0.972. The highest BCUT2D eigenvalue weighted by molar-refractivity contribution is 7.91. The van der Waals surface area contributed by atoms with Crippen LogP contribution in [0.3, 0.4) is 0 Å². The van der Waals surface area contributed by atoms with E-state index < -0.39 is 15.8 Å². The first kappa shape index (κ1) is 22.8. The van der Waals surface area contributed by atoms with Crippen LogP contribution in [0.2, 0.25) is 5.02 Å². The fourth-order valence-corrected chi connectivity index (χ4v) is 5.36. The van der Waals surface area contributed by atoms with Gasteiger partial charge in [-0.25, -0.2) is 8.42 Å². The summed E-state index contributed by atoms with van der Waals surface area (Å²) in [5.41, 5.74) is 3.08. The molecular formula is C25H21ClN2O4S. The van der Waals surface area contributed by atoms with Gasteiger partial charge in [0.2, 0.25) is 9.84 Å². The molecule has 0 aliphatic rings. The van der Waals surface area contributed by atoms with Gasteiger partial charge in [0.05, 0.1) is 28.5 Å². The predicted molar refractivity (Wildman–Crippen MR) is 126 cm³/mol. The number of carboxylic acid groups (broad SMARTS) is 1. The highest BCUT2D eigenvalue weighted by Gasteiger charge is 2.23. The van der Waals surface area contributed by atoms with Crippen LogP contribution in [0, 0.1) is 6.92 Å². The summed E-state index contributed by atoms with van der Waals surface area (Å²) in [7, 11) is -3.73. The lowest BCUT2D eigenvalue weighted by Gasteiger charge is -2.12. The van der Waals surface area contributed by atoms with Gasteiger partial charge >= 0.3 is 5.97 Å². The van der Waals surface area contributed by atoms with E-state index in [1.165, 1.54) is 0 Å². The molecule has 1 N–H and O–H groups in total. The van der Waals surface area contributed by atoms with Crippen molar-refractivity contribution in [1.29, 1.82) is 0 Å². The summed E-state index contributed by atoms with van der Waals surface area (Å²) in [4.78, 5) is 11.9. The largest absolute Gasteiger partial charge is 0.481 e. The Morgan fingerprint density at radius 2 is 1.61 bits per heavy atom. The topological polar surface area (TPSA) is 89.3 Å². The van der Waals surface area contributed by atoms with Crippen LogP contribution >= 0.6 is 11.6 Å². The van der Waals surface area contributed by atoms with Crippen LogP contribution in [0.15, 0.2) is 88.7 Å². The van der Waals surface area contributed by atoms with Crippen molar-refractivity contribution in [3.05, 3.63) is 101 Å². The first-order valence-electron chi connectivity index (χ1n) is 10.2. The van der Waals surface area contributed by atoms with Gasteiger partial charge in [-0.05, 0) is 42.8 Å². The summed E-state index contributed by atoms with van der Waals surface area (Å²) in [6, 6.07) is 22.1. The lowest BCUT2D eigenvalue weighted by atomic mass is 10.0. The molecule has 0 unspecified atom stereocenters. The molecule has 1 heterocycles. The molecule has 0 saturated heterocycles. The number of hydrogen-bond acceptors (Lipinski definition) is 4. The van der Waals surface area contributed by atoms with Crippen LogP contribution < -0.4 is 0 Å². The van der Waals surface area contributed by atoms with Crippen molar-refractivity contribution >= 4 is 27.4 Å². The van der Waals surface area contributed by atoms with Crippen LogP contribution in [-0.4, -0.2) is 29.3 Å². The smallest absolute Gasteiger partial charge is 0.307 e. The Balaban J connectivity index is 1.80. The summed E-state index contributed by atoms with van der Waals surface area (Å²) in [5, 5.41) is 14.7. The quantitative estimate of drug-likeness (QED) is 0.401. The molecule has 0 spiro atoms. The maximum atomic E-state index is 13.3. The fraction of sp³-hybridized carbons (Fsp3) is 0.120. The number of benzene rings is 3. The predicted octanol–water partition coefficient (Wildman–Crippen LogP) is 5.02. The maximum Gasteiger partial charge on any atom is 0.307 e. The zero-order chi connectivity index (χ0) is 23.6. The number of carboxylic acids is 1. The minimum absolute atomic E-state index is 0.175. The third-order valence-electron chi connectivity index (χ3n) is 5.41. The first-order chi connectivity index (χ1) is 15.8. The highest BCUT2D eigenvalue weighted by Crippen LogP contribution is 2.29. The standard InChI is InChI=1S/C25H21ClN2O4S/c1-17-22(15-24(29)30)25(18-11-13-20(26)14-12-18)27-28(17)16-19-7-5-6-10-23(19)33(31,32)21-8-3-2-4-9-21/h2-14H,15-16H2,1H3,(H,29,30). The number of hydrogen-bond donors (Lipinski definition) is 1. The lowest BCUT2D eigenvalue weighted by Crippen LogP contribution is -2.11. The van der Waals surface area contributed by atoms with E-state index in [1.807, 2.05) is 0 Å². The van der Waals surface area contributed by atoms with Gasteiger partial charge in [-0.15, -0.1) is 0 Å². The van der Waals surface area contributed by atoms with Crippen molar-refractivity contribution in [2.75, 3.05) is 0 Å². The molecule has 33 heavy (non-hydrogen) atoms. The molecular weight excluding hydrogens is 460 g/mol. The normalized spacial score (nSPS) is 11.5. The second-order valence-corrected chi connectivity index (χ2v) is 9.93. The minimum Gasteiger partial charge on any atom is -0.481 e. The maximum absolute atomic E-state index is 13.3. The minimum atomic E-state index is -3.73. The second kappa shape index (κ2) is 9.21. The summed E-state index contributed by atoms with van der Waals surface area (Å²) >= 11 is 6.00. The Morgan fingerprint density at radius 1 is 0.970 bits per heavy atom. The van der Waals surface area contributed by atoms with Gasteiger partial charge in [-0.1, -0.05) is 60.1 Å². The number of sulfone groups is 1. The average Bonchev–Trinajstić information content (AvgIpc) is 3.10. The van der Waals surface area contributed by atoms with E-state index in [4.69, 9.17) is 11.6 Å². The first-order valence-corrected chi connectivity index (χ1v) is 12.1. The van der Waals surface area contributed by atoms with Crippen LogP contribution in [0.5, 0.6) is 0 Å². The highest BCUT2D eigenvalue weighted by atomic mass is 35.5. The van der Waals surface area contributed by atoms with Crippen molar-refractivity contribution in [2.45, 2.75) is 29.7 Å². The molecule has 1 aromatic heterocycles. The number of aliphatic carboxylic acids is 1. The zero-order valence-corrected chi connectivity index (χ0v) is 19.3. The second-order valence-electron chi connectivity index (χ2n) is 7.57. The van der Waals surface area contributed by atoms with Crippen LogP contribution in [0.4, 0.5) is 0 Å². The monoisotopic (exact) mass is 480 g/mol. The van der Waals surface area contributed by atoms with Crippen LogP contribution in [0.25, 0.3) is 11.3 Å². The average molecular weight is 481 g/mol. The van der Waals surface area contributed by atoms with Gasteiger partial charge in [-0.3, -0.25) is 9.48 Å². The summed E-state index contributed by atoms with van der Waals surface area (Å²) in [6.45, 7) is 1.97. The Hall–Kier alpha value is -3.42. The lowest BCUT2D eigenvalue weighted by molar-refractivity contribution is -0.136. The molecule has 0 fully saturated rings. The molecule has 0 saturated carbocycles. The summed E-state index contributed by atoms with van der Waals surface area (Å²) < 4.78 is 28.2. The summed E-state index contributed by atoms with van der Waals surface area (Å²) in [6.07, 6.45) is -0.201. The van der Waals surface area contributed by atoms with Gasteiger partial charge < -0.3 is 5.11 Å². The number of carbonyl (C=O) groups is 1. The SMILES string of the molecule is Cc1c(CC(=O)O)c(-c2ccc(Cl)cc2)nn1Cc1ccccc1S(=O)(=O)c1ccccc1. The molecule has 168 valence electrons. The molecule has 0 amide bonds. The van der Waals surface area contributed by atoms with Crippen molar-refractivity contribution in [2.24, 2.45) is 0 Å². The number of nitrogens with zero attached hydrogens (tertiary/aromatic N) is 2.